The Morgan fingerprint density at radius 2 is 1.72 bits per heavy atom. The standard InChI is InChI=1S/C21H21NO7/c1-13(23)15-3-6-17(7-4-15)28-12-20(24)29-14(2)21(25)22-16-5-8-18-19(11-16)27-10-9-26-18/h3-8,11,14H,9-10,12H2,1-2H3,(H,22,25)/t14-/m1/s1. The van der Waals surface area contributed by atoms with Crippen LogP contribution in [0.2, 0.25) is 0 Å². The molecular formula is C21H21NO7. The zero-order chi connectivity index (χ0) is 20.8. The molecule has 29 heavy (non-hydrogen) atoms. The molecule has 3 rings (SSSR count). The Balaban J connectivity index is 1.47. The molecule has 0 aromatic heterocycles. The zero-order valence-electron chi connectivity index (χ0n) is 16.1. The number of nitrogens with one attached hydrogen (secondary N) is 1. The minimum absolute atomic E-state index is 0.0613. The van der Waals surface area contributed by atoms with Gasteiger partial charge in [0.25, 0.3) is 5.91 Å². The van der Waals surface area contributed by atoms with Gasteiger partial charge in [-0.15, -0.1) is 0 Å². The van der Waals surface area contributed by atoms with Crippen molar-refractivity contribution in [2.45, 2.75) is 20.0 Å². The third-order valence-corrected chi connectivity index (χ3v) is 4.10. The third-order valence-electron chi connectivity index (χ3n) is 4.10. The van der Waals surface area contributed by atoms with Crippen molar-refractivity contribution in [3.63, 3.8) is 0 Å². The molecule has 0 saturated heterocycles. The lowest BCUT2D eigenvalue weighted by Gasteiger charge is -2.19. The number of hydrogen-bond donors (Lipinski definition) is 1. The lowest BCUT2D eigenvalue weighted by atomic mass is 10.1. The van der Waals surface area contributed by atoms with E-state index in [1.165, 1.54) is 13.8 Å². The quantitative estimate of drug-likeness (QED) is 0.564. The van der Waals surface area contributed by atoms with Crippen molar-refractivity contribution in [2.75, 3.05) is 25.1 Å². The number of benzene rings is 2. The zero-order valence-corrected chi connectivity index (χ0v) is 16.1. The highest BCUT2D eigenvalue weighted by Crippen LogP contribution is 2.32. The van der Waals surface area contributed by atoms with E-state index in [9.17, 15) is 14.4 Å². The predicted octanol–water partition coefficient (Wildman–Crippen LogP) is 2.61. The van der Waals surface area contributed by atoms with Gasteiger partial charge in [-0.1, -0.05) is 0 Å². The van der Waals surface area contributed by atoms with Crippen LogP contribution in [0, 0.1) is 0 Å². The number of carbonyl (C=O) groups excluding carboxylic acids is 3. The van der Waals surface area contributed by atoms with Crippen LogP contribution >= 0.6 is 0 Å². The van der Waals surface area contributed by atoms with Crippen LogP contribution in [0.5, 0.6) is 17.2 Å². The average molecular weight is 399 g/mol. The fourth-order valence-electron chi connectivity index (χ4n) is 2.58. The highest BCUT2D eigenvalue weighted by atomic mass is 16.6. The van der Waals surface area contributed by atoms with Crippen molar-refractivity contribution >= 4 is 23.3 Å². The maximum absolute atomic E-state index is 12.3. The fraction of sp³-hybridized carbons (Fsp3) is 0.286. The number of esters is 1. The number of carbonyl (C=O) groups is 3. The summed E-state index contributed by atoms with van der Waals surface area (Å²) in [4.78, 5) is 35.4. The first-order valence-electron chi connectivity index (χ1n) is 9.06. The van der Waals surface area contributed by atoms with Crippen LogP contribution in [0.15, 0.2) is 42.5 Å². The number of anilines is 1. The van der Waals surface area contributed by atoms with Gasteiger partial charge in [0, 0.05) is 17.3 Å². The molecule has 0 spiro atoms. The van der Waals surface area contributed by atoms with Crippen LogP contribution in [0.1, 0.15) is 24.2 Å². The van der Waals surface area contributed by atoms with Gasteiger partial charge in [-0.25, -0.2) is 4.79 Å². The summed E-state index contributed by atoms with van der Waals surface area (Å²) < 4.78 is 21.3. The second kappa shape index (κ2) is 9.09. The molecule has 0 fully saturated rings. The lowest BCUT2D eigenvalue weighted by Crippen LogP contribution is -2.31. The summed E-state index contributed by atoms with van der Waals surface area (Å²) in [5.41, 5.74) is 1.05. The fourth-order valence-corrected chi connectivity index (χ4v) is 2.58. The number of Topliss-reactive ketones (excluding diaryl/α,β-unsaturated/α-hetero) is 1. The summed E-state index contributed by atoms with van der Waals surface area (Å²) in [6.07, 6.45) is -1.01. The first-order valence-corrected chi connectivity index (χ1v) is 9.06. The molecule has 8 heteroatoms. The first kappa shape index (κ1) is 20.2. The van der Waals surface area contributed by atoms with Crippen LogP contribution in [0.4, 0.5) is 5.69 Å². The van der Waals surface area contributed by atoms with Gasteiger partial charge in [-0.2, -0.15) is 0 Å². The summed E-state index contributed by atoms with van der Waals surface area (Å²) >= 11 is 0. The molecule has 1 atom stereocenters. The van der Waals surface area contributed by atoms with Gasteiger partial charge < -0.3 is 24.3 Å². The van der Waals surface area contributed by atoms with E-state index in [1.807, 2.05) is 0 Å². The molecule has 0 aliphatic carbocycles. The van der Waals surface area contributed by atoms with Gasteiger partial charge in [-0.05, 0) is 50.2 Å². The lowest BCUT2D eigenvalue weighted by molar-refractivity contribution is -0.155. The Kier molecular flexibility index (Phi) is 6.33. The molecule has 1 aliphatic heterocycles. The van der Waals surface area contributed by atoms with E-state index in [1.54, 1.807) is 42.5 Å². The number of ketones is 1. The molecule has 1 aliphatic rings. The van der Waals surface area contributed by atoms with Crippen molar-refractivity contribution in [1.82, 2.24) is 0 Å². The van der Waals surface area contributed by atoms with Crippen LogP contribution < -0.4 is 19.5 Å². The van der Waals surface area contributed by atoms with E-state index in [4.69, 9.17) is 18.9 Å². The molecule has 152 valence electrons. The van der Waals surface area contributed by atoms with E-state index >= 15 is 0 Å². The van der Waals surface area contributed by atoms with Gasteiger partial charge in [0.1, 0.15) is 19.0 Å². The number of ether oxygens (including phenoxy) is 4. The Labute approximate surface area is 167 Å². The molecular weight excluding hydrogens is 378 g/mol. The molecule has 0 radical (unpaired) electrons. The average Bonchev–Trinajstić information content (AvgIpc) is 2.72. The number of amides is 1. The van der Waals surface area contributed by atoms with Crippen LogP contribution in [-0.2, 0) is 14.3 Å². The largest absolute Gasteiger partial charge is 0.486 e. The maximum atomic E-state index is 12.3. The number of rotatable bonds is 7. The predicted molar refractivity (Wildman–Crippen MR) is 104 cm³/mol. The molecule has 0 bridgehead atoms. The van der Waals surface area contributed by atoms with Crippen LogP contribution in [0.3, 0.4) is 0 Å². The molecule has 1 heterocycles. The maximum Gasteiger partial charge on any atom is 0.344 e. The van der Waals surface area contributed by atoms with Gasteiger partial charge in [0.15, 0.2) is 30.0 Å². The number of fused-ring (bicyclic) bond motifs is 1. The van der Waals surface area contributed by atoms with Crippen molar-refractivity contribution in [3.8, 4) is 17.2 Å². The highest BCUT2D eigenvalue weighted by Gasteiger charge is 2.19. The Morgan fingerprint density at radius 3 is 2.41 bits per heavy atom. The monoisotopic (exact) mass is 399 g/mol. The van der Waals surface area contributed by atoms with Crippen molar-refractivity contribution in [1.29, 1.82) is 0 Å². The topological polar surface area (TPSA) is 100 Å². The number of hydrogen-bond acceptors (Lipinski definition) is 7. The summed E-state index contributed by atoms with van der Waals surface area (Å²) in [6, 6.07) is 11.4. The molecule has 1 N–H and O–H groups in total. The second-order valence-corrected chi connectivity index (χ2v) is 6.35. The van der Waals surface area contributed by atoms with E-state index in [2.05, 4.69) is 5.32 Å². The summed E-state index contributed by atoms with van der Waals surface area (Å²) in [7, 11) is 0. The van der Waals surface area contributed by atoms with Crippen LogP contribution in [-0.4, -0.2) is 43.6 Å². The minimum Gasteiger partial charge on any atom is -0.486 e. The second-order valence-electron chi connectivity index (χ2n) is 6.35. The van der Waals surface area contributed by atoms with Gasteiger partial charge in [0.05, 0.1) is 0 Å². The highest BCUT2D eigenvalue weighted by molar-refractivity contribution is 5.95. The van der Waals surface area contributed by atoms with Crippen molar-refractivity contribution < 1.29 is 33.3 Å². The SMILES string of the molecule is CC(=O)c1ccc(OCC(=O)O[C@H](C)C(=O)Nc2ccc3c(c2)OCCO3)cc1. The third kappa shape index (κ3) is 5.47. The smallest absolute Gasteiger partial charge is 0.344 e. The van der Waals surface area contributed by atoms with Gasteiger partial charge in [-0.3, -0.25) is 9.59 Å². The van der Waals surface area contributed by atoms with E-state index in [0.717, 1.165) is 0 Å². The molecule has 8 nitrogen and oxygen atoms in total. The normalized spacial score (nSPS) is 13.2. The Morgan fingerprint density at radius 1 is 1.03 bits per heavy atom. The summed E-state index contributed by atoms with van der Waals surface area (Å²) in [6.45, 7) is 3.49. The molecule has 0 unspecified atom stereocenters. The molecule has 0 saturated carbocycles. The van der Waals surface area contributed by atoms with E-state index in [0.29, 0.717) is 41.7 Å². The first-order chi connectivity index (χ1) is 13.9. The molecule has 2 aromatic rings. The van der Waals surface area contributed by atoms with E-state index in [-0.39, 0.29) is 12.4 Å². The summed E-state index contributed by atoms with van der Waals surface area (Å²) in [5.74, 6) is 0.338. The molecule has 2 aromatic carbocycles. The summed E-state index contributed by atoms with van der Waals surface area (Å²) in [5, 5.41) is 2.66. The Hall–Kier alpha value is -3.55. The van der Waals surface area contributed by atoms with Crippen LogP contribution in [0.25, 0.3) is 0 Å². The minimum atomic E-state index is -1.01. The molecule has 1 amide bonds. The van der Waals surface area contributed by atoms with Gasteiger partial charge >= 0.3 is 5.97 Å². The van der Waals surface area contributed by atoms with Gasteiger partial charge in [0.2, 0.25) is 0 Å². The van der Waals surface area contributed by atoms with Crippen molar-refractivity contribution in [3.05, 3.63) is 48.0 Å². The van der Waals surface area contributed by atoms with Crippen molar-refractivity contribution in [2.24, 2.45) is 0 Å². The van der Waals surface area contributed by atoms with E-state index < -0.39 is 18.0 Å². The Bertz CT molecular complexity index is 908.